The van der Waals surface area contributed by atoms with Crippen LogP contribution in [0.5, 0.6) is 0 Å². The lowest BCUT2D eigenvalue weighted by Gasteiger charge is -2.14. The van der Waals surface area contributed by atoms with Crippen LogP contribution in [0, 0.1) is 0 Å². The average molecular weight is 483 g/mol. The zero-order chi connectivity index (χ0) is 22.3. The van der Waals surface area contributed by atoms with Crippen molar-refractivity contribution in [1.29, 1.82) is 0 Å². The van der Waals surface area contributed by atoms with Crippen molar-refractivity contribution in [2.75, 3.05) is 4.72 Å². The number of benzene rings is 2. The van der Waals surface area contributed by atoms with Crippen molar-refractivity contribution >= 4 is 49.6 Å². The molecule has 0 saturated carbocycles. The number of thiophene rings is 1. The van der Waals surface area contributed by atoms with Crippen LogP contribution in [-0.4, -0.2) is 35.3 Å². The molecule has 32 heavy (non-hydrogen) atoms. The number of carbonyl (C=O) groups is 2. The number of nitrogens with one attached hydrogen (secondary N) is 1. The molecule has 0 aliphatic carbocycles. The van der Waals surface area contributed by atoms with Gasteiger partial charge in [0.1, 0.15) is 0 Å². The Balaban J connectivity index is 1.30. The lowest BCUT2D eigenvalue weighted by molar-refractivity contribution is 0.0642. The van der Waals surface area contributed by atoms with E-state index in [1.807, 2.05) is 17.5 Å². The van der Waals surface area contributed by atoms with Gasteiger partial charge in [-0.25, -0.2) is 8.42 Å². The van der Waals surface area contributed by atoms with Gasteiger partial charge in [-0.1, -0.05) is 41.7 Å². The molecule has 1 N–H and O–H groups in total. The fourth-order valence-electron chi connectivity index (χ4n) is 3.28. The highest BCUT2D eigenvalue weighted by molar-refractivity contribution is 7.93. The third-order valence-corrected chi connectivity index (χ3v) is 8.19. The predicted molar refractivity (Wildman–Crippen MR) is 121 cm³/mol. The second kappa shape index (κ2) is 7.93. The zero-order valence-corrected chi connectivity index (χ0v) is 18.7. The highest BCUT2D eigenvalue weighted by atomic mass is 32.2. The molecule has 0 unspecified atom stereocenters. The number of rotatable bonds is 6. The Labute approximate surface area is 191 Å². The number of hydrogen-bond acceptors (Lipinski definition) is 8. The van der Waals surface area contributed by atoms with Gasteiger partial charge in [-0.15, -0.1) is 21.5 Å². The quantitative estimate of drug-likeness (QED) is 0.418. The van der Waals surface area contributed by atoms with Gasteiger partial charge < -0.3 is 0 Å². The highest BCUT2D eigenvalue weighted by Crippen LogP contribution is 2.31. The topological polar surface area (TPSA) is 109 Å². The smallest absolute Gasteiger partial charge is 0.263 e. The van der Waals surface area contributed by atoms with Gasteiger partial charge in [0.15, 0.2) is 5.01 Å². The molecular formula is C21H14N4O4S3. The highest BCUT2D eigenvalue weighted by Gasteiger charge is 2.35. The lowest BCUT2D eigenvalue weighted by atomic mass is 10.1. The summed E-state index contributed by atoms with van der Waals surface area (Å²) in [5, 5.41) is 10.6. The van der Waals surface area contributed by atoms with Crippen molar-refractivity contribution in [2.45, 2.75) is 11.4 Å². The summed E-state index contributed by atoms with van der Waals surface area (Å²) in [7, 11) is -3.86. The summed E-state index contributed by atoms with van der Waals surface area (Å²) in [4.78, 5) is 27.1. The number of anilines is 1. The fraction of sp³-hybridized carbons (Fsp3) is 0.0476. The summed E-state index contributed by atoms with van der Waals surface area (Å²) in [5.74, 6) is -0.719. The maximum absolute atomic E-state index is 12.7. The number of carbonyl (C=O) groups excluding carboxylic acids is 2. The molecule has 5 rings (SSSR count). The van der Waals surface area contributed by atoms with E-state index in [9.17, 15) is 18.0 Å². The van der Waals surface area contributed by atoms with Crippen molar-refractivity contribution < 1.29 is 18.0 Å². The number of amides is 2. The molecule has 0 bridgehead atoms. The maximum atomic E-state index is 12.7. The summed E-state index contributed by atoms with van der Waals surface area (Å²) in [5.41, 5.74) is 1.38. The summed E-state index contributed by atoms with van der Waals surface area (Å²) in [6.07, 6.45) is 0. The van der Waals surface area contributed by atoms with E-state index in [4.69, 9.17) is 0 Å². The molecule has 160 valence electrons. The van der Waals surface area contributed by atoms with E-state index in [2.05, 4.69) is 14.9 Å². The Bertz CT molecular complexity index is 1390. The van der Waals surface area contributed by atoms with Gasteiger partial charge in [0.25, 0.3) is 21.8 Å². The molecule has 2 aromatic heterocycles. The van der Waals surface area contributed by atoms with E-state index in [-0.39, 0.29) is 28.4 Å². The van der Waals surface area contributed by atoms with Crippen molar-refractivity contribution in [3.8, 4) is 9.88 Å². The second-order valence-electron chi connectivity index (χ2n) is 6.88. The van der Waals surface area contributed by atoms with Gasteiger partial charge in [-0.05, 0) is 41.3 Å². The van der Waals surface area contributed by atoms with Crippen LogP contribution < -0.4 is 4.72 Å². The first-order valence-electron chi connectivity index (χ1n) is 9.37. The number of hydrogen-bond donors (Lipinski definition) is 1. The maximum Gasteiger partial charge on any atom is 0.263 e. The Morgan fingerprint density at radius 1 is 0.875 bits per heavy atom. The molecule has 1 aliphatic rings. The van der Waals surface area contributed by atoms with Crippen LogP contribution in [0.25, 0.3) is 9.88 Å². The molecule has 0 spiro atoms. The van der Waals surface area contributed by atoms with Crippen molar-refractivity contribution in [1.82, 2.24) is 15.1 Å². The first-order chi connectivity index (χ1) is 15.4. The Kier molecular flexibility index (Phi) is 5.08. The van der Waals surface area contributed by atoms with Gasteiger partial charge in [0, 0.05) is 0 Å². The first-order valence-corrected chi connectivity index (χ1v) is 12.5. The first kappa shape index (κ1) is 20.5. The van der Waals surface area contributed by atoms with Gasteiger partial charge in [-0.2, -0.15) is 0 Å². The van der Waals surface area contributed by atoms with E-state index in [1.54, 1.807) is 36.4 Å². The minimum atomic E-state index is -3.86. The second-order valence-corrected chi connectivity index (χ2v) is 10.5. The van der Waals surface area contributed by atoms with E-state index >= 15 is 0 Å². The number of nitrogens with zero attached hydrogens (tertiary/aromatic N) is 3. The Morgan fingerprint density at radius 3 is 2.19 bits per heavy atom. The monoisotopic (exact) mass is 482 g/mol. The average Bonchev–Trinajstić information content (AvgIpc) is 3.52. The molecule has 11 heteroatoms. The standard InChI is InChI=1S/C21H14N4O4S3/c26-19-15-4-1-2-5-16(15)20(27)25(19)12-13-7-9-14(10-8-13)32(28,29)24-21-23-22-18(31-21)17-6-3-11-30-17/h1-11H,12H2,(H,23,24). The minimum Gasteiger partial charge on any atom is -0.270 e. The summed E-state index contributed by atoms with van der Waals surface area (Å²) >= 11 is 2.64. The summed E-state index contributed by atoms with van der Waals surface area (Å²) in [6.45, 7) is 0.0562. The van der Waals surface area contributed by atoms with Crippen LogP contribution in [0.15, 0.2) is 70.9 Å². The third kappa shape index (κ3) is 3.70. The van der Waals surface area contributed by atoms with Crippen molar-refractivity contribution in [3.05, 3.63) is 82.7 Å². The molecule has 1 aliphatic heterocycles. The molecule has 0 atom stereocenters. The Hall–Kier alpha value is -3.41. The minimum absolute atomic E-state index is 0.0384. The van der Waals surface area contributed by atoms with E-state index in [1.165, 1.54) is 23.5 Å². The van der Waals surface area contributed by atoms with E-state index in [0.29, 0.717) is 21.7 Å². The SMILES string of the molecule is O=C1c2ccccc2C(=O)N1Cc1ccc(S(=O)(=O)Nc2nnc(-c3cccs3)s2)cc1. The predicted octanol–water partition coefficient (Wildman–Crippen LogP) is 3.86. The van der Waals surface area contributed by atoms with Crippen molar-refractivity contribution in [3.63, 3.8) is 0 Å². The lowest BCUT2D eigenvalue weighted by Crippen LogP contribution is -2.29. The van der Waals surface area contributed by atoms with Gasteiger partial charge in [0.2, 0.25) is 5.13 Å². The van der Waals surface area contributed by atoms with Gasteiger partial charge >= 0.3 is 0 Å². The molecule has 2 amide bonds. The van der Waals surface area contributed by atoms with Crippen LogP contribution in [-0.2, 0) is 16.6 Å². The Morgan fingerprint density at radius 2 is 1.56 bits per heavy atom. The normalized spacial score (nSPS) is 13.4. The van der Waals surface area contributed by atoms with Crippen LogP contribution >= 0.6 is 22.7 Å². The summed E-state index contributed by atoms with van der Waals surface area (Å²) < 4.78 is 27.9. The fourth-order valence-corrected chi connectivity index (χ4v) is 6.04. The van der Waals surface area contributed by atoms with Gasteiger partial charge in [-0.3, -0.25) is 19.2 Å². The molecular weight excluding hydrogens is 468 g/mol. The van der Waals surface area contributed by atoms with Crippen LogP contribution in [0.1, 0.15) is 26.3 Å². The van der Waals surface area contributed by atoms with Gasteiger partial charge in [0.05, 0.1) is 27.4 Å². The van der Waals surface area contributed by atoms with Crippen LogP contribution in [0.3, 0.4) is 0 Å². The van der Waals surface area contributed by atoms with Crippen LogP contribution in [0.2, 0.25) is 0 Å². The molecule has 2 aromatic carbocycles. The molecule has 0 saturated heterocycles. The molecule has 4 aromatic rings. The van der Waals surface area contributed by atoms with E-state index in [0.717, 1.165) is 21.1 Å². The number of imide groups is 1. The zero-order valence-electron chi connectivity index (χ0n) is 16.3. The molecule has 8 nitrogen and oxygen atoms in total. The number of fused-ring (bicyclic) bond motifs is 1. The number of sulfonamides is 1. The largest absolute Gasteiger partial charge is 0.270 e. The molecule has 0 radical (unpaired) electrons. The van der Waals surface area contributed by atoms with Crippen molar-refractivity contribution in [2.24, 2.45) is 0 Å². The number of aromatic nitrogens is 2. The molecule has 3 heterocycles. The molecule has 0 fully saturated rings. The van der Waals surface area contributed by atoms with E-state index < -0.39 is 10.0 Å². The third-order valence-electron chi connectivity index (χ3n) is 4.83. The van der Waals surface area contributed by atoms with Crippen LogP contribution in [0.4, 0.5) is 5.13 Å². The summed E-state index contributed by atoms with van der Waals surface area (Å²) in [6, 6.07) is 16.4.